The van der Waals surface area contributed by atoms with E-state index in [2.05, 4.69) is 15.2 Å². The number of carboxylic acid groups (broad SMARTS) is 1. The predicted octanol–water partition coefficient (Wildman–Crippen LogP) is 2.18. The number of benzene rings is 1. The molecule has 4 aromatic rings. The van der Waals surface area contributed by atoms with Gasteiger partial charge in [-0.15, -0.1) is 0 Å². The van der Waals surface area contributed by atoms with Crippen molar-refractivity contribution in [3.8, 4) is 22.8 Å². The average molecular weight is 359 g/mol. The van der Waals surface area contributed by atoms with Gasteiger partial charge in [0.05, 0.1) is 28.8 Å². The van der Waals surface area contributed by atoms with E-state index in [4.69, 9.17) is 0 Å². The molecule has 0 unspecified atom stereocenters. The van der Waals surface area contributed by atoms with Gasteiger partial charge < -0.3 is 5.11 Å². The molecule has 8 nitrogen and oxygen atoms in total. The van der Waals surface area contributed by atoms with E-state index in [0.29, 0.717) is 11.4 Å². The van der Waals surface area contributed by atoms with Crippen LogP contribution in [0.3, 0.4) is 0 Å². The molecule has 0 aliphatic heterocycles. The van der Waals surface area contributed by atoms with Gasteiger partial charge in [0.2, 0.25) is 5.43 Å². The molecule has 1 N–H and O–H groups in total. The van der Waals surface area contributed by atoms with Crippen LogP contribution in [0.25, 0.3) is 22.8 Å². The maximum Gasteiger partial charge on any atom is 0.337 e. The first-order valence-electron chi connectivity index (χ1n) is 8.02. The molecule has 132 valence electrons. The number of hydrogen-bond donors (Lipinski definition) is 1. The van der Waals surface area contributed by atoms with Crippen LogP contribution in [0, 0.1) is 0 Å². The number of aromatic carboxylic acids is 1. The quantitative estimate of drug-likeness (QED) is 0.599. The number of nitrogens with zero attached hydrogens (tertiary/aromatic N) is 5. The normalized spacial score (nSPS) is 10.7. The number of rotatable bonds is 4. The molecule has 1 aromatic carbocycles. The zero-order valence-corrected chi connectivity index (χ0v) is 13.9. The summed E-state index contributed by atoms with van der Waals surface area (Å²) in [5.41, 5.74) is 1.43. The molecule has 0 bridgehead atoms. The molecule has 0 aliphatic rings. The minimum absolute atomic E-state index is 0.0767. The summed E-state index contributed by atoms with van der Waals surface area (Å²) in [6, 6.07) is 13.0. The van der Waals surface area contributed by atoms with Crippen LogP contribution in [0.2, 0.25) is 0 Å². The van der Waals surface area contributed by atoms with Crippen molar-refractivity contribution in [1.82, 2.24) is 24.5 Å². The third kappa shape index (κ3) is 2.99. The average Bonchev–Trinajstić information content (AvgIpc) is 3.18. The van der Waals surface area contributed by atoms with E-state index in [0.717, 1.165) is 5.69 Å². The summed E-state index contributed by atoms with van der Waals surface area (Å²) in [4.78, 5) is 28.0. The van der Waals surface area contributed by atoms with E-state index >= 15 is 0 Å². The fraction of sp³-hybridized carbons (Fsp3) is 0. The third-order valence-electron chi connectivity index (χ3n) is 3.98. The zero-order chi connectivity index (χ0) is 18.8. The third-order valence-corrected chi connectivity index (χ3v) is 3.98. The predicted molar refractivity (Wildman–Crippen MR) is 97.1 cm³/mol. The van der Waals surface area contributed by atoms with Gasteiger partial charge in [0.1, 0.15) is 0 Å². The van der Waals surface area contributed by atoms with Crippen molar-refractivity contribution in [3.63, 3.8) is 0 Å². The lowest BCUT2D eigenvalue weighted by atomic mass is 10.1. The van der Waals surface area contributed by atoms with Gasteiger partial charge >= 0.3 is 5.97 Å². The number of aromatic nitrogens is 5. The maximum absolute atomic E-state index is 12.5. The molecule has 0 saturated heterocycles. The molecule has 0 atom stereocenters. The van der Waals surface area contributed by atoms with Gasteiger partial charge in [0.15, 0.2) is 5.69 Å². The summed E-state index contributed by atoms with van der Waals surface area (Å²) in [6.45, 7) is 0. The van der Waals surface area contributed by atoms with Gasteiger partial charge in [-0.2, -0.15) is 10.2 Å². The number of pyridine rings is 1. The molecule has 0 amide bonds. The van der Waals surface area contributed by atoms with Crippen molar-refractivity contribution in [1.29, 1.82) is 0 Å². The molecular formula is C19H13N5O3. The van der Waals surface area contributed by atoms with Gasteiger partial charge in [-0.05, 0) is 30.3 Å². The molecule has 0 radical (unpaired) electrons. The van der Waals surface area contributed by atoms with Crippen molar-refractivity contribution in [2.75, 3.05) is 0 Å². The van der Waals surface area contributed by atoms with Crippen molar-refractivity contribution in [2.45, 2.75) is 0 Å². The van der Waals surface area contributed by atoms with Crippen molar-refractivity contribution < 1.29 is 9.90 Å². The van der Waals surface area contributed by atoms with Gasteiger partial charge in [0.25, 0.3) is 0 Å². The molecule has 0 fully saturated rings. The Morgan fingerprint density at radius 2 is 1.74 bits per heavy atom. The number of para-hydroxylation sites is 1. The highest BCUT2D eigenvalue weighted by Crippen LogP contribution is 2.21. The van der Waals surface area contributed by atoms with E-state index in [1.807, 2.05) is 0 Å². The van der Waals surface area contributed by atoms with Crippen LogP contribution in [0.1, 0.15) is 10.4 Å². The van der Waals surface area contributed by atoms with Crippen LogP contribution in [0.5, 0.6) is 0 Å². The monoisotopic (exact) mass is 359 g/mol. The van der Waals surface area contributed by atoms with Gasteiger partial charge in [-0.1, -0.05) is 12.1 Å². The lowest BCUT2D eigenvalue weighted by molar-refractivity contribution is 0.0697. The second kappa shape index (κ2) is 6.68. The Bertz CT molecular complexity index is 1180. The summed E-state index contributed by atoms with van der Waals surface area (Å²) in [5.74, 6) is -1.08. The Morgan fingerprint density at radius 3 is 2.52 bits per heavy atom. The van der Waals surface area contributed by atoms with Crippen molar-refractivity contribution in [2.24, 2.45) is 0 Å². The molecule has 0 saturated carbocycles. The Labute approximate surface area is 153 Å². The topological polar surface area (TPSA) is 103 Å². The highest BCUT2D eigenvalue weighted by Gasteiger charge is 2.17. The summed E-state index contributed by atoms with van der Waals surface area (Å²) in [6.07, 6.45) is 6.32. The molecule has 3 aromatic heterocycles. The summed E-state index contributed by atoms with van der Waals surface area (Å²) >= 11 is 0. The maximum atomic E-state index is 12.5. The van der Waals surface area contributed by atoms with Crippen LogP contribution in [-0.2, 0) is 0 Å². The Kier molecular flexibility index (Phi) is 4.06. The fourth-order valence-electron chi connectivity index (χ4n) is 2.74. The molecule has 0 aliphatic carbocycles. The second-order valence-electron chi connectivity index (χ2n) is 5.63. The van der Waals surface area contributed by atoms with E-state index < -0.39 is 5.97 Å². The van der Waals surface area contributed by atoms with Crippen LogP contribution < -0.4 is 5.43 Å². The van der Waals surface area contributed by atoms with Crippen LogP contribution >= 0.6 is 0 Å². The highest BCUT2D eigenvalue weighted by molar-refractivity contribution is 5.92. The minimum atomic E-state index is -1.08. The molecule has 27 heavy (non-hydrogen) atoms. The molecule has 8 heteroatoms. The molecule has 3 heterocycles. The lowest BCUT2D eigenvalue weighted by Gasteiger charge is -2.11. The van der Waals surface area contributed by atoms with Crippen LogP contribution in [0.15, 0.2) is 78.1 Å². The van der Waals surface area contributed by atoms with Crippen molar-refractivity contribution >= 4 is 5.97 Å². The first-order chi connectivity index (χ1) is 13.1. The van der Waals surface area contributed by atoms with E-state index in [-0.39, 0.29) is 16.7 Å². The van der Waals surface area contributed by atoms with E-state index in [1.165, 1.54) is 23.0 Å². The summed E-state index contributed by atoms with van der Waals surface area (Å²) in [5, 5.41) is 18.1. The van der Waals surface area contributed by atoms with Crippen LogP contribution in [-0.4, -0.2) is 35.6 Å². The molecule has 4 rings (SSSR count). The van der Waals surface area contributed by atoms with Gasteiger partial charge in [-0.3, -0.25) is 9.78 Å². The second-order valence-corrected chi connectivity index (χ2v) is 5.63. The SMILES string of the molecule is O=C(O)c1ccccc1-n1nccc1-c1nn(-c2ccncc2)ccc1=O. The highest BCUT2D eigenvalue weighted by atomic mass is 16.4. The molecular weight excluding hydrogens is 346 g/mol. The Morgan fingerprint density at radius 1 is 0.963 bits per heavy atom. The van der Waals surface area contributed by atoms with Crippen LogP contribution in [0.4, 0.5) is 0 Å². The number of hydrogen-bond acceptors (Lipinski definition) is 5. The Balaban J connectivity index is 1.89. The smallest absolute Gasteiger partial charge is 0.337 e. The fourth-order valence-corrected chi connectivity index (χ4v) is 2.74. The largest absolute Gasteiger partial charge is 0.478 e. The number of carboxylic acids is 1. The standard InChI is InChI=1S/C19H13N5O3/c25-17-8-12-23(13-5-9-20-10-6-13)22-18(17)16-7-11-21-24(16)15-4-2-1-3-14(15)19(26)27/h1-12H,(H,26,27). The van der Waals surface area contributed by atoms with E-state index in [1.54, 1.807) is 59.7 Å². The first kappa shape index (κ1) is 16.4. The minimum Gasteiger partial charge on any atom is -0.478 e. The van der Waals surface area contributed by atoms with Gasteiger partial charge in [0, 0.05) is 24.7 Å². The van der Waals surface area contributed by atoms with Crippen molar-refractivity contribution in [3.05, 3.63) is 89.1 Å². The first-order valence-corrected chi connectivity index (χ1v) is 8.02. The zero-order valence-electron chi connectivity index (χ0n) is 13.9. The van der Waals surface area contributed by atoms with E-state index in [9.17, 15) is 14.7 Å². The lowest BCUT2D eigenvalue weighted by Crippen LogP contribution is -2.15. The molecule has 0 spiro atoms. The summed E-state index contributed by atoms with van der Waals surface area (Å²) < 4.78 is 2.96. The summed E-state index contributed by atoms with van der Waals surface area (Å²) in [7, 11) is 0. The van der Waals surface area contributed by atoms with Gasteiger partial charge in [-0.25, -0.2) is 14.2 Å². The Hall–Kier alpha value is -4.07. The number of carbonyl (C=O) groups is 1.